The van der Waals surface area contributed by atoms with Gasteiger partial charge in [-0.25, -0.2) is 4.99 Å². The Hall–Kier alpha value is -1.15. The number of rotatable bonds is 2. The zero-order chi connectivity index (χ0) is 9.68. The number of nitrogens with zero attached hydrogens (tertiary/aromatic N) is 2. The summed E-state index contributed by atoms with van der Waals surface area (Å²) in [7, 11) is 0. The predicted octanol–water partition coefficient (Wildman–Crippen LogP) is 3.10. The molecular weight excluding hydrogens is 184 g/mol. The van der Waals surface area contributed by atoms with Crippen molar-refractivity contribution in [2.75, 3.05) is 0 Å². The van der Waals surface area contributed by atoms with E-state index in [0.717, 1.165) is 11.3 Å². The molecule has 0 saturated carbocycles. The number of pyridine rings is 1. The van der Waals surface area contributed by atoms with E-state index in [2.05, 4.69) is 9.98 Å². The molecule has 0 spiro atoms. The van der Waals surface area contributed by atoms with Gasteiger partial charge in [-0.3, -0.25) is 4.98 Å². The Morgan fingerprint density at radius 1 is 1.54 bits per heavy atom. The van der Waals surface area contributed by atoms with E-state index < -0.39 is 0 Å². The van der Waals surface area contributed by atoms with Crippen LogP contribution in [0.15, 0.2) is 35.2 Å². The Morgan fingerprint density at radius 3 is 2.85 bits per heavy atom. The molecule has 0 saturated heterocycles. The van der Waals surface area contributed by atoms with Gasteiger partial charge in [0, 0.05) is 18.1 Å². The summed E-state index contributed by atoms with van der Waals surface area (Å²) in [6.07, 6.45) is 5.45. The standard InChI is InChI=1S/C10H11ClN2/c1-8(13-9(2)11)6-10-4-3-5-12-7-10/h3-7H,1-2H3/b8-6+,13-9?. The van der Waals surface area contributed by atoms with Gasteiger partial charge in [0.25, 0.3) is 0 Å². The van der Waals surface area contributed by atoms with Crippen LogP contribution in [0.3, 0.4) is 0 Å². The van der Waals surface area contributed by atoms with Crippen molar-refractivity contribution in [1.29, 1.82) is 0 Å². The molecule has 0 fully saturated rings. The van der Waals surface area contributed by atoms with E-state index in [1.54, 1.807) is 19.3 Å². The maximum absolute atomic E-state index is 5.63. The Kier molecular flexibility index (Phi) is 3.65. The fourth-order valence-electron chi connectivity index (χ4n) is 0.978. The van der Waals surface area contributed by atoms with Crippen molar-refractivity contribution in [1.82, 2.24) is 4.98 Å². The molecule has 1 rings (SSSR count). The summed E-state index contributed by atoms with van der Waals surface area (Å²) in [4.78, 5) is 8.08. The molecule has 1 aromatic heterocycles. The van der Waals surface area contributed by atoms with Crippen LogP contribution in [-0.2, 0) is 0 Å². The lowest BCUT2D eigenvalue weighted by Gasteiger charge is -1.94. The molecule has 3 heteroatoms. The summed E-state index contributed by atoms with van der Waals surface area (Å²) in [5, 5.41) is 0.539. The maximum Gasteiger partial charge on any atom is 0.103 e. The van der Waals surface area contributed by atoms with Crippen LogP contribution in [0.5, 0.6) is 0 Å². The third kappa shape index (κ3) is 3.85. The Labute approximate surface area is 83.0 Å². The van der Waals surface area contributed by atoms with Crippen LogP contribution in [0, 0.1) is 0 Å². The fourth-order valence-corrected chi connectivity index (χ4v) is 1.11. The van der Waals surface area contributed by atoms with Gasteiger partial charge in [-0.1, -0.05) is 17.7 Å². The summed E-state index contributed by atoms with van der Waals surface area (Å²) >= 11 is 5.63. The molecule has 0 N–H and O–H groups in total. The van der Waals surface area contributed by atoms with Crippen LogP contribution >= 0.6 is 11.6 Å². The minimum Gasteiger partial charge on any atom is -0.264 e. The Morgan fingerprint density at radius 2 is 2.31 bits per heavy atom. The molecule has 1 heterocycles. The Bertz CT molecular complexity index is 324. The highest BCUT2D eigenvalue weighted by Crippen LogP contribution is 2.06. The van der Waals surface area contributed by atoms with Crippen LogP contribution in [0.4, 0.5) is 0 Å². The molecule has 0 aromatic carbocycles. The van der Waals surface area contributed by atoms with Crippen molar-refractivity contribution >= 4 is 22.8 Å². The van der Waals surface area contributed by atoms with Gasteiger partial charge >= 0.3 is 0 Å². The summed E-state index contributed by atoms with van der Waals surface area (Å²) < 4.78 is 0. The summed E-state index contributed by atoms with van der Waals surface area (Å²) in [6, 6.07) is 3.85. The second kappa shape index (κ2) is 4.77. The van der Waals surface area contributed by atoms with Crippen molar-refractivity contribution in [3.8, 4) is 0 Å². The monoisotopic (exact) mass is 194 g/mol. The molecule has 68 valence electrons. The maximum atomic E-state index is 5.63. The first kappa shape index (κ1) is 9.93. The van der Waals surface area contributed by atoms with E-state index in [1.165, 1.54) is 0 Å². The van der Waals surface area contributed by atoms with Gasteiger partial charge in [-0.2, -0.15) is 0 Å². The molecule has 0 unspecified atom stereocenters. The highest BCUT2D eigenvalue weighted by molar-refractivity contribution is 6.64. The van der Waals surface area contributed by atoms with Crippen molar-refractivity contribution in [3.63, 3.8) is 0 Å². The van der Waals surface area contributed by atoms with E-state index in [1.807, 2.05) is 25.1 Å². The van der Waals surface area contributed by atoms with Crippen LogP contribution in [-0.4, -0.2) is 10.2 Å². The van der Waals surface area contributed by atoms with E-state index in [-0.39, 0.29) is 0 Å². The average molecular weight is 195 g/mol. The normalized spacial score (nSPS) is 13.2. The number of aromatic nitrogens is 1. The highest BCUT2D eigenvalue weighted by Gasteiger charge is 1.88. The van der Waals surface area contributed by atoms with Gasteiger partial charge in [0.1, 0.15) is 5.17 Å². The largest absolute Gasteiger partial charge is 0.264 e. The molecule has 0 radical (unpaired) electrons. The number of halogens is 1. The van der Waals surface area contributed by atoms with Crippen LogP contribution in [0.1, 0.15) is 19.4 Å². The summed E-state index contributed by atoms with van der Waals surface area (Å²) in [5.41, 5.74) is 1.90. The van der Waals surface area contributed by atoms with Gasteiger partial charge in [-0.05, 0) is 31.6 Å². The van der Waals surface area contributed by atoms with Gasteiger partial charge < -0.3 is 0 Å². The van der Waals surface area contributed by atoms with Crippen LogP contribution in [0.2, 0.25) is 0 Å². The molecule has 13 heavy (non-hydrogen) atoms. The van der Waals surface area contributed by atoms with E-state index in [9.17, 15) is 0 Å². The number of allylic oxidation sites excluding steroid dienone is 1. The molecule has 0 aliphatic rings. The van der Waals surface area contributed by atoms with Gasteiger partial charge in [0.2, 0.25) is 0 Å². The molecule has 0 aliphatic heterocycles. The first-order chi connectivity index (χ1) is 6.18. The zero-order valence-corrected chi connectivity index (χ0v) is 8.42. The van der Waals surface area contributed by atoms with E-state index in [4.69, 9.17) is 11.6 Å². The minimum atomic E-state index is 0.539. The molecule has 0 aliphatic carbocycles. The first-order valence-electron chi connectivity index (χ1n) is 3.97. The summed E-state index contributed by atoms with van der Waals surface area (Å²) in [5.74, 6) is 0. The highest BCUT2D eigenvalue weighted by atomic mass is 35.5. The zero-order valence-electron chi connectivity index (χ0n) is 7.66. The number of hydrogen-bond acceptors (Lipinski definition) is 2. The van der Waals surface area contributed by atoms with Gasteiger partial charge in [0.15, 0.2) is 0 Å². The first-order valence-corrected chi connectivity index (χ1v) is 4.35. The molecule has 1 aromatic rings. The van der Waals surface area contributed by atoms with Crippen molar-refractivity contribution in [3.05, 3.63) is 35.8 Å². The minimum absolute atomic E-state index is 0.539. The van der Waals surface area contributed by atoms with Crippen molar-refractivity contribution in [2.45, 2.75) is 13.8 Å². The number of aliphatic imine (C=N–C) groups is 1. The van der Waals surface area contributed by atoms with Gasteiger partial charge in [-0.15, -0.1) is 0 Å². The number of hydrogen-bond donors (Lipinski definition) is 0. The smallest absolute Gasteiger partial charge is 0.103 e. The predicted molar refractivity (Wildman–Crippen MR) is 56.9 cm³/mol. The quantitative estimate of drug-likeness (QED) is 0.665. The van der Waals surface area contributed by atoms with Gasteiger partial charge in [0.05, 0.1) is 0 Å². The molecule has 2 nitrogen and oxygen atoms in total. The lowest BCUT2D eigenvalue weighted by molar-refractivity contribution is 1.29. The lowest BCUT2D eigenvalue weighted by Crippen LogP contribution is -1.79. The molecule has 0 atom stereocenters. The lowest BCUT2D eigenvalue weighted by atomic mass is 10.2. The second-order valence-corrected chi connectivity index (χ2v) is 3.23. The van der Waals surface area contributed by atoms with Crippen molar-refractivity contribution < 1.29 is 0 Å². The summed E-state index contributed by atoms with van der Waals surface area (Å²) in [6.45, 7) is 3.65. The fraction of sp³-hybridized carbons (Fsp3) is 0.200. The second-order valence-electron chi connectivity index (χ2n) is 2.68. The third-order valence-corrected chi connectivity index (χ3v) is 1.47. The van der Waals surface area contributed by atoms with Crippen LogP contribution in [0.25, 0.3) is 6.08 Å². The van der Waals surface area contributed by atoms with E-state index in [0.29, 0.717) is 5.17 Å². The molecular formula is C10H11ClN2. The topological polar surface area (TPSA) is 25.2 Å². The Balaban J connectivity index is 2.83. The third-order valence-electron chi connectivity index (χ3n) is 1.39. The van der Waals surface area contributed by atoms with E-state index >= 15 is 0 Å². The molecule has 0 amide bonds. The molecule has 0 bridgehead atoms. The average Bonchev–Trinajstić information content (AvgIpc) is 2.04. The van der Waals surface area contributed by atoms with Crippen LogP contribution < -0.4 is 0 Å². The van der Waals surface area contributed by atoms with Crippen molar-refractivity contribution in [2.24, 2.45) is 4.99 Å². The SMILES string of the molecule is CC(Cl)=N/C(C)=C/c1cccnc1.